The molecule has 7 heteroatoms. The van der Waals surface area contributed by atoms with Crippen LogP contribution in [0.25, 0.3) is 0 Å². The molecule has 0 unspecified atom stereocenters. The number of aryl methyl sites for hydroxylation is 1. The molecule has 0 bridgehead atoms. The molecule has 0 spiro atoms. The zero-order valence-electron chi connectivity index (χ0n) is 19.4. The van der Waals surface area contributed by atoms with Gasteiger partial charge >= 0.3 is 0 Å². The zero-order valence-corrected chi connectivity index (χ0v) is 20.2. The number of hydrogen-bond donors (Lipinski definition) is 4. The first kappa shape index (κ1) is 25.6. The Kier molecular flexibility index (Phi) is 10.3. The summed E-state index contributed by atoms with van der Waals surface area (Å²) in [6.45, 7) is 1.19. The molecule has 0 radical (unpaired) electrons. The lowest BCUT2D eigenvalue weighted by atomic mass is 10.0. The highest BCUT2D eigenvalue weighted by molar-refractivity contribution is 7.12. The minimum absolute atomic E-state index is 0.205. The Hall–Kier alpha value is -3.00. The summed E-state index contributed by atoms with van der Waals surface area (Å²) in [5.74, 6) is -0.535. The van der Waals surface area contributed by atoms with Crippen LogP contribution < -0.4 is 22.1 Å². The summed E-state index contributed by atoms with van der Waals surface area (Å²) in [4.78, 5) is 28.4. The van der Waals surface area contributed by atoms with E-state index in [-0.39, 0.29) is 11.8 Å². The van der Waals surface area contributed by atoms with E-state index in [9.17, 15) is 9.59 Å². The fraction of sp³-hybridized carbons (Fsp3) is 0.333. The number of nitrogens with one attached hydrogen (secondary N) is 2. The van der Waals surface area contributed by atoms with Crippen LogP contribution >= 0.6 is 11.3 Å². The first-order valence-corrected chi connectivity index (χ1v) is 12.6. The average Bonchev–Trinajstić information content (AvgIpc) is 3.31. The van der Waals surface area contributed by atoms with Gasteiger partial charge in [-0.2, -0.15) is 0 Å². The largest absolute Gasteiger partial charge is 0.354 e. The number of benzene rings is 2. The molecule has 2 atom stereocenters. The van der Waals surface area contributed by atoms with Crippen LogP contribution in [0.4, 0.5) is 0 Å². The molecule has 0 aliphatic heterocycles. The number of thiophene rings is 1. The molecule has 0 aliphatic rings. The van der Waals surface area contributed by atoms with Crippen molar-refractivity contribution in [3.8, 4) is 0 Å². The smallest absolute Gasteiger partial charge is 0.242 e. The maximum absolute atomic E-state index is 13.0. The minimum Gasteiger partial charge on any atom is -0.354 e. The molecule has 0 saturated carbocycles. The summed E-state index contributed by atoms with van der Waals surface area (Å²) < 4.78 is 0. The molecule has 180 valence electrons. The highest BCUT2D eigenvalue weighted by atomic mass is 32.1. The predicted molar refractivity (Wildman–Crippen MR) is 139 cm³/mol. The van der Waals surface area contributed by atoms with Gasteiger partial charge in [-0.3, -0.25) is 9.59 Å². The molecule has 1 aromatic heterocycles. The first-order valence-electron chi connectivity index (χ1n) is 11.7. The minimum atomic E-state index is -0.730. The van der Waals surface area contributed by atoms with Crippen molar-refractivity contribution in [2.24, 2.45) is 11.5 Å². The summed E-state index contributed by atoms with van der Waals surface area (Å²) in [6.07, 6.45) is 3.53. The van der Waals surface area contributed by atoms with E-state index >= 15 is 0 Å². The van der Waals surface area contributed by atoms with Crippen LogP contribution in [0.1, 0.15) is 27.3 Å². The maximum Gasteiger partial charge on any atom is 0.242 e. The summed E-state index contributed by atoms with van der Waals surface area (Å²) in [7, 11) is 0. The molecule has 34 heavy (non-hydrogen) atoms. The van der Waals surface area contributed by atoms with Crippen molar-refractivity contribution >= 4 is 23.2 Å². The second-order valence-electron chi connectivity index (χ2n) is 8.35. The van der Waals surface area contributed by atoms with Gasteiger partial charge in [-0.25, -0.2) is 0 Å². The number of carbonyl (C=O) groups excluding carboxylic acids is 2. The Morgan fingerprint density at radius 2 is 1.38 bits per heavy atom. The van der Waals surface area contributed by atoms with Crippen LogP contribution in [0.5, 0.6) is 0 Å². The molecule has 2 aromatic carbocycles. The fourth-order valence-electron chi connectivity index (χ4n) is 3.70. The SMILES string of the molecule is NCCCc1ccc(CCNC(=O)[C@H](Cc2ccccc2)NC(=O)[C@H](N)Cc2ccccc2)s1. The average molecular weight is 479 g/mol. The Morgan fingerprint density at radius 1 is 0.794 bits per heavy atom. The number of amides is 2. The van der Waals surface area contributed by atoms with Gasteiger partial charge in [0.25, 0.3) is 0 Å². The van der Waals surface area contributed by atoms with Crippen molar-refractivity contribution in [3.05, 3.63) is 93.7 Å². The Balaban J connectivity index is 1.57. The Labute approximate surface area is 205 Å². The predicted octanol–water partition coefficient (Wildman–Crippen LogP) is 2.60. The highest BCUT2D eigenvalue weighted by Gasteiger charge is 2.24. The molecular formula is C27H34N4O2S. The molecule has 0 aliphatic carbocycles. The number of hydrogen-bond acceptors (Lipinski definition) is 5. The van der Waals surface area contributed by atoms with Crippen molar-refractivity contribution in [1.82, 2.24) is 10.6 Å². The number of rotatable bonds is 13. The van der Waals surface area contributed by atoms with Gasteiger partial charge < -0.3 is 22.1 Å². The standard InChI is InChI=1S/C27H34N4O2S/c28-16-7-12-22-13-14-23(34-22)15-17-30-27(33)25(19-21-10-5-2-6-11-21)31-26(32)24(29)18-20-8-3-1-4-9-20/h1-6,8-11,13-14,24-25H,7,12,15-19,28-29H2,(H,30,33)(H,31,32)/t24-,25+/m1/s1. The van der Waals surface area contributed by atoms with E-state index in [1.165, 1.54) is 9.75 Å². The van der Waals surface area contributed by atoms with Crippen molar-refractivity contribution in [2.75, 3.05) is 13.1 Å². The van der Waals surface area contributed by atoms with Gasteiger partial charge in [0.15, 0.2) is 0 Å². The summed E-state index contributed by atoms with van der Waals surface area (Å²) in [6, 6.07) is 22.1. The van der Waals surface area contributed by atoms with E-state index in [1.807, 2.05) is 60.7 Å². The fourth-order valence-corrected chi connectivity index (χ4v) is 4.76. The molecule has 0 fully saturated rings. The van der Waals surface area contributed by atoms with Crippen molar-refractivity contribution in [1.29, 1.82) is 0 Å². The van der Waals surface area contributed by atoms with Gasteiger partial charge in [0.1, 0.15) is 6.04 Å². The third-order valence-electron chi connectivity index (χ3n) is 5.57. The van der Waals surface area contributed by atoms with E-state index in [4.69, 9.17) is 11.5 Å². The molecule has 3 rings (SSSR count). The van der Waals surface area contributed by atoms with Gasteiger partial charge in [0.2, 0.25) is 11.8 Å². The molecule has 2 amide bonds. The Morgan fingerprint density at radius 3 is 2.00 bits per heavy atom. The van der Waals surface area contributed by atoms with Crippen molar-refractivity contribution in [2.45, 2.75) is 44.2 Å². The summed E-state index contributed by atoms with van der Waals surface area (Å²) in [5, 5.41) is 5.87. The van der Waals surface area contributed by atoms with E-state index in [0.29, 0.717) is 25.9 Å². The van der Waals surface area contributed by atoms with Crippen LogP contribution in [-0.4, -0.2) is 37.0 Å². The molecule has 6 N–H and O–H groups in total. The third kappa shape index (κ3) is 8.41. The van der Waals surface area contributed by atoms with E-state index in [2.05, 4.69) is 22.8 Å². The first-order chi connectivity index (χ1) is 16.5. The summed E-state index contributed by atoms with van der Waals surface area (Å²) in [5.41, 5.74) is 13.7. The van der Waals surface area contributed by atoms with Crippen molar-refractivity contribution < 1.29 is 9.59 Å². The van der Waals surface area contributed by atoms with Crippen LogP contribution in [0.2, 0.25) is 0 Å². The van der Waals surface area contributed by atoms with E-state index in [0.717, 1.165) is 30.4 Å². The second kappa shape index (κ2) is 13.6. The van der Waals surface area contributed by atoms with Gasteiger partial charge in [0.05, 0.1) is 6.04 Å². The van der Waals surface area contributed by atoms with Crippen LogP contribution in [0, 0.1) is 0 Å². The van der Waals surface area contributed by atoms with Crippen molar-refractivity contribution in [3.63, 3.8) is 0 Å². The van der Waals surface area contributed by atoms with Crippen LogP contribution in [0.15, 0.2) is 72.8 Å². The van der Waals surface area contributed by atoms with Crippen LogP contribution in [-0.2, 0) is 35.3 Å². The van der Waals surface area contributed by atoms with Gasteiger partial charge in [-0.05, 0) is 55.5 Å². The molecule has 3 aromatic rings. The number of nitrogens with two attached hydrogens (primary N) is 2. The van der Waals surface area contributed by atoms with Gasteiger partial charge in [-0.15, -0.1) is 11.3 Å². The van der Waals surface area contributed by atoms with E-state index in [1.54, 1.807) is 11.3 Å². The van der Waals surface area contributed by atoms with Crippen LogP contribution in [0.3, 0.4) is 0 Å². The highest BCUT2D eigenvalue weighted by Crippen LogP contribution is 2.18. The van der Waals surface area contributed by atoms with E-state index < -0.39 is 12.1 Å². The molecule has 6 nitrogen and oxygen atoms in total. The monoisotopic (exact) mass is 478 g/mol. The lowest BCUT2D eigenvalue weighted by Crippen LogP contribution is -2.53. The Bertz CT molecular complexity index is 1020. The third-order valence-corrected chi connectivity index (χ3v) is 6.77. The summed E-state index contributed by atoms with van der Waals surface area (Å²) >= 11 is 1.76. The zero-order chi connectivity index (χ0) is 24.2. The normalized spacial score (nSPS) is 12.6. The van der Waals surface area contributed by atoms with Gasteiger partial charge in [0, 0.05) is 22.7 Å². The quantitative estimate of drug-likeness (QED) is 0.303. The molecular weight excluding hydrogens is 444 g/mol. The maximum atomic E-state index is 13.0. The second-order valence-corrected chi connectivity index (χ2v) is 9.60. The molecule has 0 saturated heterocycles. The van der Waals surface area contributed by atoms with Gasteiger partial charge in [-0.1, -0.05) is 60.7 Å². The lowest BCUT2D eigenvalue weighted by molar-refractivity contribution is -0.129. The molecule has 1 heterocycles. The lowest BCUT2D eigenvalue weighted by Gasteiger charge is -2.21. The topological polar surface area (TPSA) is 110 Å². The number of carbonyl (C=O) groups is 2.